The number of anilines is 2. The van der Waals surface area contributed by atoms with Gasteiger partial charge in [0.25, 0.3) is 0 Å². The van der Waals surface area contributed by atoms with Crippen molar-refractivity contribution in [2.75, 3.05) is 44.4 Å². The first-order valence-electron chi connectivity index (χ1n) is 6.78. The van der Waals surface area contributed by atoms with Crippen molar-refractivity contribution in [3.05, 3.63) is 17.9 Å². The van der Waals surface area contributed by atoms with Crippen LogP contribution in [0.1, 0.15) is 13.3 Å². The molecule has 120 valence electrons. The van der Waals surface area contributed by atoms with Gasteiger partial charge < -0.3 is 20.3 Å². The molecule has 0 fully saturated rings. The first-order valence-corrected chi connectivity index (χ1v) is 6.78. The van der Waals surface area contributed by atoms with Crippen LogP contribution < -0.4 is 15.4 Å². The SMILES string of the molecule is CCN(CCCN(C)C)c1cc(OC(F)F)c(F)cc1N. The van der Waals surface area contributed by atoms with Gasteiger partial charge in [0, 0.05) is 25.2 Å². The maximum atomic E-state index is 13.6. The smallest absolute Gasteiger partial charge is 0.387 e. The van der Waals surface area contributed by atoms with E-state index in [4.69, 9.17) is 5.73 Å². The van der Waals surface area contributed by atoms with Gasteiger partial charge in [-0.25, -0.2) is 4.39 Å². The van der Waals surface area contributed by atoms with Crippen LogP contribution in [0.5, 0.6) is 5.75 Å². The Labute approximate surface area is 123 Å². The molecule has 0 unspecified atom stereocenters. The van der Waals surface area contributed by atoms with Gasteiger partial charge in [0.05, 0.1) is 11.4 Å². The quantitative estimate of drug-likeness (QED) is 0.750. The van der Waals surface area contributed by atoms with E-state index in [-0.39, 0.29) is 5.69 Å². The fraction of sp³-hybridized carbons (Fsp3) is 0.571. The molecule has 0 bridgehead atoms. The molecule has 0 aliphatic heterocycles. The molecule has 0 heterocycles. The van der Waals surface area contributed by atoms with Crippen LogP contribution in [-0.2, 0) is 0 Å². The molecule has 0 aliphatic rings. The highest BCUT2D eigenvalue weighted by Gasteiger charge is 2.16. The highest BCUT2D eigenvalue weighted by atomic mass is 19.3. The Morgan fingerprint density at radius 2 is 1.90 bits per heavy atom. The lowest BCUT2D eigenvalue weighted by atomic mass is 10.2. The minimum Gasteiger partial charge on any atom is -0.432 e. The first kappa shape index (κ1) is 17.4. The molecule has 0 saturated carbocycles. The summed E-state index contributed by atoms with van der Waals surface area (Å²) in [5.74, 6) is -1.37. The van der Waals surface area contributed by atoms with Gasteiger partial charge >= 0.3 is 6.61 Å². The minimum absolute atomic E-state index is 0.209. The van der Waals surface area contributed by atoms with Crippen molar-refractivity contribution in [3.63, 3.8) is 0 Å². The molecule has 0 amide bonds. The normalized spacial score (nSPS) is 11.2. The summed E-state index contributed by atoms with van der Waals surface area (Å²) in [5, 5.41) is 0. The van der Waals surface area contributed by atoms with E-state index in [0.717, 1.165) is 19.0 Å². The molecule has 0 atom stereocenters. The van der Waals surface area contributed by atoms with Gasteiger partial charge in [-0.05, 0) is 34.0 Å². The summed E-state index contributed by atoms with van der Waals surface area (Å²) in [5.41, 5.74) is 6.51. The number of nitrogen functional groups attached to an aromatic ring is 1. The molecule has 0 aromatic heterocycles. The van der Waals surface area contributed by atoms with Gasteiger partial charge in [-0.3, -0.25) is 0 Å². The van der Waals surface area contributed by atoms with E-state index in [0.29, 0.717) is 18.8 Å². The molecular formula is C14H22F3N3O. The van der Waals surface area contributed by atoms with E-state index in [1.165, 1.54) is 6.07 Å². The zero-order chi connectivity index (χ0) is 16.0. The van der Waals surface area contributed by atoms with Crippen molar-refractivity contribution in [2.45, 2.75) is 20.0 Å². The molecule has 0 radical (unpaired) electrons. The fourth-order valence-corrected chi connectivity index (χ4v) is 2.04. The largest absolute Gasteiger partial charge is 0.432 e. The summed E-state index contributed by atoms with van der Waals surface area (Å²) in [7, 11) is 3.94. The maximum Gasteiger partial charge on any atom is 0.387 e. The third kappa shape index (κ3) is 5.34. The number of alkyl halides is 2. The number of hydrogen-bond acceptors (Lipinski definition) is 4. The lowest BCUT2D eigenvalue weighted by Crippen LogP contribution is -2.27. The zero-order valence-electron chi connectivity index (χ0n) is 12.6. The standard InChI is InChI=1S/C14H22F3N3O/c1-4-20(7-5-6-19(2)3)12-9-13(21-14(16)17)10(15)8-11(12)18/h8-9,14H,4-7,18H2,1-3H3. The van der Waals surface area contributed by atoms with E-state index in [1.807, 2.05) is 30.8 Å². The van der Waals surface area contributed by atoms with Crippen LogP contribution in [0.25, 0.3) is 0 Å². The number of halogens is 3. The molecular weight excluding hydrogens is 283 g/mol. The number of rotatable bonds is 8. The second kappa shape index (κ2) is 7.97. The van der Waals surface area contributed by atoms with Gasteiger partial charge in [-0.1, -0.05) is 0 Å². The van der Waals surface area contributed by atoms with E-state index < -0.39 is 18.2 Å². The molecule has 21 heavy (non-hydrogen) atoms. The Morgan fingerprint density at radius 1 is 1.24 bits per heavy atom. The van der Waals surface area contributed by atoms with Gasteiger partial charge in [0.1, 0.15) is 0 Å². The van der Waals surface area contributed by atoms with E-state index in [1.54, 1.807) is 0 Å². The molecule has 0 saturated heterocycles. The average molecular weight is 305 g/mol. The topological polar surface area (TPSA) is 41.7 Å². The zero-order valence-corrected chi connectivity index (χ0v) is 12.6. The van der Waals surface area contributed by atoms with Crippen molar-refractivity contribution in [3.8, 4) is 5.75 Å². The van der Waals surface area contributed by atoms with Gasteiger partial charge in [-0.15, -0.1) is 0 Å². The Kier molecular flexibility index (Phi) is 6.61. The second-order valence-corrected chi connectivity index (χ2v) is 4.96. The molecule has 2 N–H and O–H groups in total. The third-order valence-corrected chi connectivity index (χ3v) is 3.05. The average Bonchev–Trinajstić information content (AvgIpc) is 2.38. The van der Waals surface area contributed by atoms with Crippen LogP contribution in [0.2, 0.25) is 0 Å². The van der Waals surface area contributed by atoms with Crippen molar-refractivity contribution >= 4 is 11.4 Å². The van der Waals surface area contributed by atoms with Gasteiger partial charge in [0.15, 0.2) is 11.6 Å². The highest BCUT2D eigenvalue weighted by molar-refractivity contribution is 5.70. The summed E-state index contributed by atoms with van der Waals surface area (Å²) in [6.45, 7) is 1.07. The van der Waals surface area contributed by atoms with Crippen LogP contribution in [0.15, 0.2) is 12.1 Å². The van der Waals surface area contributed by atoms with Crippen molar-refractivity contribution in [1.29, 1.82) is 0 Å². The van der Waals surface area contributed by atoms with Crippen LogP contribution in [0, 0.1) is 5.82 Å². The second-order valence-electron chi connectivity index (χ2n) is 4.96. The summed E-state index contributed by atoms with van der Waals surface area (Å²) < 4.78 is 42.3. The summed E-state index contributed by atoms with van der Waals surface area (Å²) in [4.78, 5) is 3.96. The van der Waals surface area contributed by atoms with Gasteiger partial charge in [-0.2, -0.15) is 8.78 Å². The lowest BCUT2D eigenvalue weighted by Gasteiger charge is -2.26. The maximum absolute atomic E-state index is 13.6. The Bertz CT molecular complexity index is 455. The van der Waals surface area contributed by atoms with Crippen LogP contribution in [0.4, 0.5) is 24.5 Å². The number of hydrogen-bond donors (Lipinski definition) is 1. The lowest BCUT2D eigenvalue weighted by molar-refractivity contribution is -0.0521. The van der Waals surface area contributed by atoms with Crippen molar-refractivity contribution in [1.82, 2.24) is 4.90 Å². The monoisotopic (exact) mass is 305 g/mol. The first-order chi connectivity index (χ1) is 9.85. The van der Waals surface area contributed by atoms with Gasteiger partial charge in [0.2, 0.25) is 0 Å². The van der Waals surface area contributed by atoms with E-state index >= 15 is 0 Å². The molecule has 0 spiro atoms. The van der Waals surface area contributed by atoms with E-state index in [2.05, 4.69) is 4.74 Å². The van der Waals surface area contributed by atoms with E-state index in [9.17, 15) is 13.2 Å². The fourth-order valence-electron chi connectivity index (χ4n) is 2.04. The molecule has 1 aromatic carbocycles. The van der Waals surface area contributed by atoms with Crippen molar-refractivity contribution in [2.24, 2.45) is 0 Å². The number of ether oxygens (including phenoxy) is 1. The Hall–Kier alpha value is -1.63. The third-order valence-electron chi connectivity index (χ3n) is 3.05. The molecule has 0 aliphatic carbocycles. The van der Waals surface area contributed by atoms with Crippen molar-refractivity contribution < 1.29 is 17.9 Å². The summed E-state index contributed by atoms with van der Waals surface area (Å²) in [6, 6.07) is 2.25. The predicted octanol–water partition coefficient (Wildman–Crippen LogP) is 2.79. The van der Waals surface area contributed by atoms with Crippen LogP contribution >= 0.6 is 0 Å². The number of nitrogens with zero attached hydrogens (tertiary/aromatic N) is 2. The van der Waals surface area contributed by atoms with Crippen LogP contribution in [0.3, 0.4) is 0 Å². The summed E-state index contributed by atoms with van der Waals surface area (Å²) in [6.07, 6.45) is 0.878. The Balaban J connectivity index is 2.91. The molecule has 7 heteroatoms. The Morgan fingerprint density at radius 3 is 2.43 bits per heavy atom. The predicted molar refractivity (Wildman–Crippen MR) is 78.5 cm³/mol. The number of benzene rings is 1. The summed E-state index contributed by atoms with van der Waals surface area (Å²) >= 11 is 0. The highest BCUT2D eigenvalue weighted by Crippen LogP contribution is 2.32. The number of nitrogens with two attached hydrogens (primary N) is 1. The molecule has 1 rings (SSSR count). The minimum atomic E-state index is -3.07. The van der Waals surface area contributed by atoms with Crippen LogP contribution in [-0.4, -0.2) is 45.2 Å². The molecule has 4 nitrogen and oxygen atoms in total. The molecule has 1 aromatic rings.